The number of halogens is 1. The number of carboxylic acid groups (broad SMARTS) is 1. The van der Waals surface area contributed by atoms with Crippen molar-refractivity contribution in [2.24, 2.45) is 0 Å². The molecule has 13 heteroatoms. The smallest absolute Gasteiger partial charge is 0.335 e. The molecule has 0 saturated carbocycles. The Labute approximate surface area is 248 Å². The van der Waals surface area contributed by atoms with Crippen LogP contribution in [0.25, 0.3) is 11.3 Å². The van der Waals surface area contributed by atoms with Crippen molar-refractivity contribution in [3.63, 3.8) is 0 Å². The van der Waals surface area contributed by atoms with E-state index in [0.717, 1.165) is 9.56 Å². The number of benzene rings is 1. The van der Waals surface area contributed by atoms with Crippen LogP contribution in [0.2, 0.25) is 4.34 Å². The summed E-state index contributed by atoms with van der Waals surface area (Å²) in [5.74, 6) is -1.63. The Morgan fingerprint density at radius 3 is 2.52 bits per heavy atom. The number of ketones is 1. The third-order valence-electron chi connectivity index (χ3n) is 6.30. The van der Waals surface area contributed by atoms with Crippen LogP contribution in [0.1, 0.15) is 36.1 Å². The summed E-state index contributed by atoms with van der Waals surface area (Å²) in [5.41, 5.74) is 0.941. The van der Waals surface area contributed by atoms with E-state index in [4.69, 9.17) is 16.0 Å². The number of pyridine rings is 1. The Morgan fingerprint density at radius 1 is 1.07 bits per heavy atom. The van der Waals surface area contributed by atoms with Crippen molar-refractivity contribution >= 4 is 52.1 Å². The largest absolute Gasteiger partial charge is 0.478 e. The van der Waals surface area contributed by atoms with Gasteiger partial charge in [-0.1, -0.05) is 17.7 Å². The van der Waals surface area contributed by atoms with Crippen molar-refractivity contribution in [3.8, 4) is 11.3 Å². The number of carbonyl (C=O) groups excluding carboxylic acids is 2. The SMILES string of the molecule is CN(C)c1cn(CC(=O)c2ccco2)c(=O)cc1-c1cc(NCc2ccc(Cl)s2)n(C(=O)c2cccc(C(=O)O)c2)n1. The fourth-order valence-electron chi connectivity index (χ4n) is 4.24. The number of anilines is 2. The Balaban J connectivity index is 1.56. The lowest BCUT2D eigenvalue weighted by atomic mass is 10.1. The number of nitrogens with zero attached hydrogens (tertiary/aromatic N) is 4. The summed E-state index contributed by atoms with van der Waals surface area (Å²) < 4.78 is 8.20. The number of thiophene rings is 1. The quantitative estimate of drug-likeness (QED) is 0.211. The van der Waals surface area contributed by atoms with Gasteiger partial charge >= 0.3 is 5.97 Å². The summed E-state index contributed by atoms with van der Waals surface area (Å²) in [6, 6.07) is 15.4. The van der Waals surface area contributed by atoms with Gasteiger partial charge in [-0.3, -0.25) is 14.4 Å². The second kappa shape index (κ2) is 11.9. The molecule has 0 aliphatic rings. The highest BCUT2D eigenvalue weighted by molar-refractivity contribution is 7.16. The van der Waals surface area contributed by atoms with Gasteiger partial charge in [0.1, 0.15) is 5.82 Å². The molecule has 2 N–H and O–H groups in total. The van der Waals surface area contributed by atoms with Crippen LogP contribution in [-0.2, 0) is 13.1 Å². The van der Waals surface area contributed by atoms with E-state index in [2.05, 4.69) is 10.4 Å². The molecular weight excluding hydrogens is 582 g/mol. The molecule has 0 radical (unpaired) electrons. The zero-order valence-corrected chi connectivity index (χ0v) is 24.0. The Morgan fingerprint density at radius 2 is 1.86 bits per heavy atom. The lowest BCUT2D eigenvalue weighted by molar-refractivity contribution is 0.0696. The van der Waals surface area contributed by atoms with Crippen molar-refractivity contribution in [2.45, 2.75) is 13.1 Å². The third kappa shape index (κ3) is 6.04. The minimum Gasteiger partial charge on any atom is -0.478 e. The molecular formula is C29H24ClN5O6S. The fraction of sp³-hybridized carbons (Fsp3) is 0.138. The monoisotopic (exact) mass is 605 g/mol. The van der Waals surface area contributed by atoms with Crippen molar-refractivity contribution in [1.29, 1.82) is 0 Å². The summed E-state index contributed by atoms with van der Waals surface area (Å²) in [5, 5.41) is 17.1. The normalized spacial score (nSPS) is 10.9. The van der Waals surface area contributed by atoms with E-state index >= 15 is 0 Å². The zero-order valence-electron chi connectivity index (χ0n) is 22.4. The molecule has 0 amide bonds. The number of Topliss-reactive ketones (excluding diaryl/α,β-unsaturated/α-hetero) is 1. The van der Waals surface area contributed by atoms with Gasteiger partial charge in [0.05, 0.1) is 40.6 Å². The van der Waals surface area contributed by atoms with Gasteiger partial charge in [0, 0.05) is 48.4 Å². The highest BCUT2D eigenvalue weighted by atomic mass is 35.5. The van der Waals surface area contributed by atoms with Gasteiger partial charge in [-0.25, -0.2) is 4.79 Å². The van der Waals surface area contributed by atoms with Crippen molar-refractivity contribution in [1.82, 2.24) is 14.3 Å². The fourth-order valence-corrected chi connectivity index (χ4v) is 5.27. The molecule has 0 atom stereocenters. The molecule has 0 fully saturated rings. The minimum absolute atomic E-state index is 0.0430. The van der Waals surface area contributed by atoms with Crippen LogP contribution in [-0.4, -0.2) is 51.2 Å². The molecule has 0 aliphatic heterocycles. The van der Waals surface area contributed by atoms with Gasteiger partial charge in [-0.2, -0.15) is 9.78 Å². The minimum atomic E-state index is -1.17. The standard InChI is InChI=1S/C29H24ClN5O6S/c1-33(2)22-15-34(16-23(36)24-7-4-10-41-24)27(37)12-20(22)21-13-26(31-14-19-8-9-25(30)42-19)35(32-21)28(38)17-5-3-6-18(11-17)29(39)40/h3-13,15,31H,14,16H2,1-2H3,(H,39,40). The summed E-state index contributed by atoms with van der Waals surface area (Å²) >= 11 is 7.45. The molecule has 0 aliphatic carbocycles. The maximum Gasteiger partial charge on any atom is 0.335 e. The van der Waals surface area contributed by atoms with Gasteiger partial charge in [0.25, 0.3) is 11.5 Å². The molecule has 0 unspecified atom stereocenters. The van der Waals surface area contributed by atoms with E-state index in [1.807, 2.05) is 6.07 Å². The number of furan rings is 1. The van der Waals surface area contributed by atoms with Crippen LogP contribution in [0.15, 0.2) is 82.3 Å². The molecule has 1 aromatic carbocycles. The van der Waals surface area contributed by atoms with E-state index in [1.54, 1.807) is 43.4 Å². The maximum atomic E-state index is 13.6. The van der Waals surface area contributed by atoms with Gasteiger partial charge < -0.3 is 24.3 Å². The molecule has 11 nitrogen and oxygen atoms in total. The first kappa shape index (κ1) is 28.6. The Bertz CT molecular complexity index is 1850. The highest BCUT2D eigenvalue weighted by Crippen LogP contribution is 2.31. The maximum absolute atomic E-state index is 13.6. The third-order valence-corrected chi connectivity index (χ3v) is 7.53. The first-order valence-electron chi connectivity index (χ1n) is 12.6. The number of hydrogen-bond donors (Lipinski definition) is 2. The Kier molecular flexibility index (Phi) is 8.09. The number of aromatic nitrogens is 3. The van der Waals surface area contributed by atoms with Gasteiger partial charge in [0.2, 0.25) is 5.78 Å². The van der Waals surface area contributed by atoms with Crippen LogP contribution < -0.4 is 15.8 Å². The number of carbonyl (C=O) groups is 3. The molecule has 214 valence electrons. The van der Waals surface area contributed by atoms with Gasteiger partial charge in [0.15, 0.2) is 5.76 Å². The lowest BCUT2D eigenvalue weighted by Gasteiger charge is -2.18. The highest BCUT2D eigenvalue weighted by Gasteiger charge is 2.22. The summed E-state index contributed by atoms with van der Waals surface area (Å²) in [4.78, 5) is 53.5. The topological polar surface area (TPSA) is 140 Å². The van der Waals surface area contributed by atoms with Crippen molar-refractivity contribution in [2.75, 3.05) is 24.3 Å². The molecule has 4 aromatic heterocycles. The molecule has 0 saturated heterocycles. The Hall–Kier alpha value is -4.94. The molecule has 0 bridgehead atoms. The van der Waals surface area contributed by atoms with E-state index in [1.165, 1.54) is 58.6 Å². The van der Waals surface area contributed by atoms with Crippen molar-refractivity contribution < 1.29 is 23.9 Å². The summed E-state index contributed by atoms with van der Waals surface area (Å²) in [6.07, 6.45) is 2.94. The van der Waals surface area contributed by atoms with E-state index < -0.39 is 17.4 Å². The van der Waals surface area contributed by atoms with Crippen LogP contribution in [0, 0.1) is 0 Å². The number of carboxylic acids is 1. The lowest BCUT2D eigenvalue weighted by Crippen LogP contribution is -2.25. The average Bonchev–Trinajstić information content (AvgIpc) is 3.74. The molecule has 0 spiro atoms. The molecule has 4 heterocycles. The van der Waals surface area contributed by atoms with Gasteiger partial charge in [-0.05, 0) is 42.5 Å². The van der Waals surface area contributed by atoms with Crippen LogP contribution in [0.3, 0.4) is 0 Å². The first-order valence-corrected chi connectivity index (χ1v) is 13.7. The molecule has 5 rings (SSSR count). The predicted octanol–water partition coefficient (Wildman–Crippen LogP) is 4.97. The average molecular weight is 606 g/mol. The second-order valence-corrected chi connectivity index (χ2v) is 11.2. The zero-order chi connectivity index (χ0) is 30.0. The van der Waals surface area contributed by atoms with E-state index in [0.29, 0.717) is 33.6 Å². The van der Waals surface area contributed by atoms with Crippen molar-refractivity contribution in [3.05, 3.63) is 110 Å². The number of hydrogen-bond acceptors (Lipinski definition) is 9. The number of aromatic carboxylic acids is 1. The summed E-state index contributed by atoms with van der Waals surface area (Å²) in [7, 11) is 3.56. The first-order chi connectivity index (χ1) is 20.1. The number of rotatable bonds is 10. The number of nitrogens with one attached hydrogen (secondary N) is 1. The van der Waals surface area contributed by atoms with Crippen LogP contribution in [0.5, 0.6) is 0 Å². The van der Waals surface area contributed by atoms with Crippen LogP contribution in [0.4, 0.5) is 11.5 Å². The van der Waals surface area contributed by atoms with Gasteiger partial charge in [-0.15, -0.1) is 11.3 Å². The van der Waals surface area contributed by atoms with Crippen LogP contribution >= 0.6 is 22.9 Å². The predicted molar refractivity (Wildman–Crippen MR) is 159 cm³/mol. The summed E-state index contributed by atoms with van der Waals surface area (Å²) in [6.45, 7) is 0.110. The van der Waals surface area contributed by atoms with E-state index in [-0.39, 0.29) is 29.2 Å². The van der Waals surface area contributed by atoms with E-state index in [9.17, 15) is 24.3 Å². The molecule has 5 aromatic rings. The molecule has 42 heavy (non-hydrogen) atoms. The second-order valence-electron chi connectivity index (χ2n) is 9.41.